The minimum absolute atomic E-state index is 0.00531. The Labute approximate surface area is 137 Å². The van der Waals surface area contributed by atoms with Gasteiger partial charge in [0, 0.05) is 40.3 Å². The second-order valence-corrected chi connectivity index (χ2v) is 6.13. The van der Waals surface area contributed by atoms with Crippen LogP contribution in [-0.2, 0) is 6.42 Å². The first kappa shape index (κ1) is 14.2. The highest BCUT2D eigenvalue weighted by Crippen LogP contribution is 2.34. The van der Waals surface area contributed by atoms with Crippen LogP contribution in [0.1, 0.15) is 22.9 Å². The van der Waals surface area contributed by atoms with E-state index in [4.69, 9.17) is 11.6 Å². The Hall–Kier alpha value is -2.37. The highest BCUT2D eigenvalue weighted by atomic mass is 35.5. The average molecular weight is 328 g/mol. The fourth-order valence-electron chi connectivity index (χ4n) is 3.27. The largest absolute Gasteiger partial charge is 0.357 e. The first-order valence-corrected chi connectivity index (χ1v) is 7.79. The fraction of sp³-hybridized carbons (Fsp3) is 0.176. The van der Waals surface area contributed by atoms with Gasteiger partial charge in [0.25, 0.3) is 5.69 Å². The molecule has 2 aromatic carbocycles. The molecule has 0 bridgehead atoms. The number of nitro benzene ring substituents is 1. The molecule has 0 radical (unpaired) electrons. The molecule has 6 heteroatoms. The third kappa shape index (κ3) is 2.38. The summed E-state index contributed by atoms with van der Waals surface area (Å²) in [7, 11) is 0. The molecular weight excluding hydrogens is 314 g/mol. The summed E-state index contributed by atoms with van der Waals surface area (Å²) >= 11 is 6.13. The second-order valence-electron chi connectivity index (χ2n) is 5.69. The molecule has 0 amide bonds. The molecule has 0 spiro atoms. The van der Waals surface area contributed by atoms with Gasteiger partial charge < -0.3 is 10.3 Å². The van der Waals surface area contributed by atoms with Gasteiger partial charge in [0.15, 0.2) is 0 Å². The molecular formula is C17H14ClN3O2. The Bertz CT molecular complexity index is 902. The quantitative estimate of drug-likeness (QED) is 0.552. The van der Waals surface area contributed by atoms with E-state index in [0.717, 1.165) is 40.1 Å². The highest BCUT2D eigenvalue weighted by molar-refractivity contribution is 6.31. The number of rotatable bonds is 2. The van der Waals surface area contributed by atoms with Crippen molar-refractivity contribution in [3.63, 3.8) is 0 Å². The molecule has 1 aromatic heterocycles. The van der Waals surface area contributed by atoms with Crippen molar-refractivity contribution in [2.24, 2.45) is 0 Å². The average Bonchev–Trinajstić information content (AvgIpc) is 2.93. The third-order valence-electron chi connectivity index (χ3n) is 4.35. The Morgan fingerprint density at radius 1 is 1.17 bits per heavy atom. The molecule has 2 heterocycles. The first-order chi connectivity index (χ1) is 11.1. The van der Waals surface area contributed by atoms with Crippen molar-refractivity contribution in [1.82, 2.24) is 10.3 Å². The second kappa shape index (κ2) is 5.37. The lowest BCUT2D eigenvalue weighted by Gasteiger charge is -2.24. The number of benzene rings is 2. The molecule has 2 N–H and O–H groups in total. The molecule has 4 rings (SSSR count). The number of hydrogen-bond donors (Lipinski definition) is 2. The van der Waals surface area contributed by atoms with E-state index < -0.39 is 0 Å². The van der Waals surface area contributed by atoms with Gasteiger partial charge in [-0.05, 0) is 35.7 Å². The summed E-state index contributed by atoms with van der Waals surface area (Å²) in [6.07, 6.45) is 0.930. The van der Waals surface area contributed by atoms with Crippen molar-refractivity contribution in [3.8, 4) is 0 Å². The molecule has 1 aliphatic rings. The lowest BCUT2D eigenvalue weighted by Crippen LogP contribution is -2.30. The van der Waals surface area contributed by atoms with Crippen LogP contribution < -0.4 is 5.32 Å². The maximum atomic E-state index is 10.8. The monoisotopic (exact) mass is 327 g/mol. The molecule has 1 aliphatic heterocycles. The summed E-state index contributed by atoms with van der Waals surface area (Å²) in [6, 6.07) is 12.6. The van der Waals surface area contributed by atoms with Crippen molar-refractivity contribution in [1.29, 1.82) is 0 Å². The van der Waals surface area contributed by atoms with Crippen molar-refractivity contribution in [2.75, 3.05) is 6.54 Å². The number of nitrogens with zero attached hydrogens (tertiary/aromatic N) is 1. The summed E-state index contributed by atoms with van der Waals surface area (Å²) < 4.78 is 0. The van der Waals surface area contributed by atoms with E-state index in [1.165, 1.54) is 5.56 Å². The zero-order chi connectivity index (χ0) is 16.0. The number of nitro groups is 1. The molecule has 0 fully saturated rings. The topological polar surface area (TPSA) is 71.0 Å². The van der Waals surface area contributed by atoms with Crippen LogP contribution >= 0.6 is 11.6 Å². The van der Waals surface area contributed by atoms with Gasteiger partial charge in [0.05, 0.1) is 11.0 Å². The molecule has 0 aliphatic carbocycles. The van der Waals surface area contributed by atoms with Crippen LogP contribution in [0.2, 0.25) is 5.02 Å². The Morgan fingerprint density at radius 2 is 1.96 bits per heavy atom. The number of H-pyrrole nitrogens is 1. The van der Waals surface area contributed by atoms with Crippen LogP contribution in [0.4, 0.5) is 5.69 Å². The summed E-state index contributed by atoms with van der Waals surface area (Å²) in [5.74, 6) is 0. The van der Waals surface area contributed by atoms with Gasteiger partial charge in [-0.15, -0.1) is 0 Å². The third-order valence-corrected chi connectivity index (χ3v) is 4.59. The van der Waals surface area contributed by atoms with Gasteiger partial charge in [0.1, 0.15) is 0 Å². The number of non-ortho nitro benzene ring substituents is 1. The smallest absolute Gasteiger partial charge is 0.269 e. The number of aromatic amines is 1. The fourth-order valence-corrected chi connectivity index (χ4v) is 3.45. The molecule has 0 saturated carbocycles. The van der Waals surface area contributed by atoms with Gasteiger partial charge in [-0.1, -0.05) is 23.7 Å². The predicted molar refractivity (Wildman–Crippen MR) is 90.0 cm³/mol. The van der Waals surface area contributed by atoms with Gasteiger partial charge in [-0.3, -0.25) is 10.1 Å². The Balaban J connectivity index is 1.81. The summed E-state index contributed by atoms with van der Waals surface area (Å²) in [5.41, 5.74) is 4.56. The van der Waals surface area contributed by atoms with Crippen LogP contribution in [-0.4, -0.2) is 16.5 Å². The Morgan fingerprint density at radius 3 is 2.70 bits per heavy atom. The normalized spacial score (nSPS) is 17.2. The number of aromatic nitrogens is 1. The number of halogens is 1. The minimum atomic E-state index is -0.381. The van der Waals surface area contributed by atoms with Crippen molar-refractivity contribution >= 4 is 28.2 Å². The van der Waals surface area contributed by atoms with Crippen molar-refractivity contribution < 1.29 is 4.92 Å². The molecule has 116 valence electrons. The van der Waals surface area contributed by atoms with Crippen molar-refractivity contribution in [3.05, 3.63) is 74.4 Å². The van der Waals surface area contributed by atoms with Crippen molar-refractivity contribution in [2.45, 2.75) is 12.5 Å². The van der Waals surface area contributed by atoms with Crippen LogP contribution in [0, 0.1) is 10.1 Å². The molecule has 0 saturated heterocycles. The van der Waals surface area contributed by atoms with Gasteiger partial charge in [-0.25, -0.2) is 0 Å². The first-order valence-electron chi connectivity index (χ1n) is 7.41. The molecule has 1 unspecified atom stereocenters. The van der Waals surface area contributed by atoms with Crippen LogP contribution in [0.5, 0.6) is 0 Å². The van der Waals surface area contributed by atoms with Crippen LogP contribution in [0.3, 0.4) is 0 Å². The van der Waals surface area contributed by atoms with Crippen LogP contribution in [0.25, 0.3) is 10.9 Å². The zero-order valence-electron chi connectivity index (χ0n) is 12.2. The van der Waals surface area contributed by atoms with E-state index in [1.807, 2.05) is 30.3 Å². The minimum Gasteiger partial charge on any atom is -0.357 e. The SMILES string of the molecule is O=[N+]([O-])c1ccc(C2NCCc3c2[nH]c2ccc(Cl)cc32)cc1. The van der Waals surface area contributed by atoms with E-state index in [2.05, 4.69) is 10.3 Å². The lowest BCUT2D eigenvalue weighted by atomic mass is 9.94. The molecule has 23 heavy (non-hydrogen) atoms. The molecule has 3 aromatic rings. The Kier molecular flexibility index (Phi) is 3.32. The zero-order valence-corrected chi connectivity index (χ0v) is 12.9. The van der Waals surface area contributed by atoms with E-state index in [-0.39, 0.29) is 16.7 Å². The van der Waals surface area contributed by atoms with E-state index >= 15 is 0 Å². The van der Waals surface area contributed by atoms with Gasteiger partial charge >= 0.3 is 0 Å². The lowest BCUT2D eigenvalue weighted by molar-refractivity contribution is -0.384. The van der Waals surface area contributed by atoms with E-state index in [1.54, 1.807) is 12.1 Å². The summed E-state index contributed by atoms with van der Waals surface area (Å²) in [6.45, 7) is 0.855. The standard InChI is InChI=1S/C17H14ClN3O2/c18-11-3-6-15-14(9-11)13-7-8-19-16(17(13)20-15)10-1-4-12(5-2-10)21(22)23/h1-6,9,16,19-20H,7-8H2. The highest BCUT2D eigenvalue weighted by Gasteiger charge is 2.25. The number of fused-ring (bicyclic) bond motifs is 3. The number of nitrogens with one attached hydrogen (secondary N) is 2. The van der Waals surface area contributed by atoms with E-state index in [0.29, 0.717) is 0 Å². The summed E-state index contributed by atoms with van der Waals surface area (Å²) in [4.78, 5) is 13.9. The maximum Gasteiger partial charge on any atom is 0.269 e. The van der Waals surface area contributed by atoms with Crippen LogP contribution in [0.15, 0.2) is 42.5 Å². The number of hydrogen-bond acceptors (Lipinski definition) is 3. The predicted octanol–water partition coefficient (Wildman–Crippen LogP) is 3.96. The van der Waals surface area contributed by atoms with Gasteiger partial charge in [0.2, 0.25) is 0 Å². The van der Waals surface area contributed by atoms with E-state index in [9.17, 15) is 10.1 Å². The van der Waals surface area contributed by atoms with Gasteiger partial charge in [-0.2, -0.15) is 0 Å². The molecule has 5 nitrogen and oxygen atoms in total. The maximum absolute atomic E-state index is 10.8. The summed E-state index contributed by atoms with van der Waals surface area (Å²) in [5, 5.41) is 16.2. The molecule has 1 atom stereocenters.